The molecule has 11 heteroatoms. The Bertz CT molecular complexity index is 1760. The van der Waals surface area contributed by atoms with E-state index < -0.39 is 12.0 Å². The minimum absolute atomic E-state index is 0.0241. The van der Waals surface area contributed by atoms with E-state index in [2.05, 4.69) is 43.2 Å². The molecule has 4 aromatic rings. The molecule has 8 heterocycles. The first kappa shape index (κ1) is 27.8. The maximum Gasteiger partial charge on any atom is 0.319 e. The third-order valence-electron chi connectivity index (χ3n) is 10.0. The Morgan fingerprint density at radius 2 is 2.07 bits per heavy atom. The van der Waals surface area contributed by atoms with Gasteiger partial charge in [-0.3, -0.25) is 15.0 Å². The van der Waals surface area contributed by atoms with Crippen molar-refractivity contribution in [3.63, 3.8) is 0 Å². The molecule has 5 aliphatic heterocycles. The van der Waals surface area contributed by atoms with Crippen LogP contribution in [0.2, 0.25) is 0 Å². The predicted molar refractivity (Wildman–Crippen MR) is 164 cm³/mol. The van der Waals surface area contributed by atoms with Crippen LogP contribution in [0.25, 0.3) is 33.1 Å². The number of ether oxygens (including phenoxy) is 2. The smallest absolute Gasteiger partial charge is 0.319 e. The summed E-state index contributed by atoms with van der Waals surface area (Å²) in [5.74, 6) is 0.0792. The van der Waals surface area contributed by atoms with Crippen molar-refractivity contribution < 1.29 is 18.3 Å². The van der Waals surface area contributed by atoms with Gasteiger partial charge in [0.15, 0.2) is 5.82 Å². The Kier molecular flexibility index (Phi) is 6.97. The first-order valence-electron chi connectivity index (χ1n) is 15.8. The molecule has 0 spiro atoms. The lowest BCUT2D eigenvalue weighted by Crippen LogP contribution is -2.43. The fraction of sp³-hybridized carbons (Fsp3) is 0.515. The molecule has 0 amide bonds. The lowest BCUT2D eigenvalue weighted by atomic mass is 9.92. The van der Waals surface area contributed by atoms with Crippen molar-refractivity contribution >= 4 is 27.6 Å². The third-order valence-corrected chi connectivity index (χ3v) is 10.0. The number of nitrogens with one attached hydrogen (secondary N) is 1. The van der Waals surface area contributed by atoms with Crippen molar-refractivity contribution in [1.29, 1.82) is 0 Å². The fourth-order valence-corrected chi connectivity index (χ4v) is 7.88. The van der Waals surface area contributed by atoms with Crippen molar-refractivity contribution in [2.24, 2.45) is 0 Å². The van der Waals surface area contributed by atoms with Gasteiger partial charge in [-0.1, -0.05) is 12.2 Å². The standard InChI is InChI=1S/C33H37F2N7O2/c1-20-13-26-24(16-37-40-26)27-23(20)8-3-2-4-12-43-22-7-5-10-41(18-22)31-25-15-36-30(27)28(35)29(25)38-32(39-31)44-19-33-9-6-11-42(33)17-21(34)14-33/h2,4,13,15-16,21-22H,3,5-12,14,17-19H2,1H3,(H,37,40)/b4-2+/t21-,22-,33+/m1/s1. The summed E-state index contributed by atoms with van der Waals surface area (Å²) in [6.07, 6.45) is 12.5. The van der Waals surface area contributed by atoms with E-state index in [-0.39, 0.29) is 35.5 Å². The number of halogens is 2. The summed E-state index contributed by atoms with van der Waals surface area (Å²) in [6.45, 7) is 5.53. The molecule has 5 aliphatic rings. The topological polar surface area (TPSA) is 92.3 Å². The highest BCUT2D eigenvalue weighted by molar-refractivity contribution is 5.99. The SMILES string of the molecule is Cc1cc2[nH]ncc2c2c1CC/C=C/CO[C@@H]1CCCN(C1)c1nc(OC[C@@]34CCCN3C[C@H](F)C4)nc3c(F)c-2ncc13. The second kappa shape index (κ2) is 11.0. The number of piperidine rings is 1. The first-order valence-corrected chi connectivity index (χ1v) is 15.8. The van der Waals surface area contributed by atoms with Gasteiger partial charge in [0.1, 0.15) is 29.8 Å². The van der Waals surface area contributed by atoms with Gasteiger partial charge in [0, 0.05) is 43.2 Å². The minimum Gasteiger partial charge on any atom is -0.461 e. The molecule has 230 valence electrons. The summed E-state index contributed by atoms with van der Waals surface area (Å²) in [5, 5.41) is 8.67. The summed E-state index contributed by atoms with van der Waals surface area (Å²) in [7, 11) is 0. The number of fused-ring (bicyclic) bond motifs is 7. The van der Waals surface area contributed by atoms with Crippen molar-refractivity contribution in [3.05, 3.63) is 47.6 Å². The number of nitrogens with zero attached hydrogens (tertiary/aromatic N) is 6. The van der Waals surface area contributed by atoms with E-state index in [1.54, 1.807) is 12.4 Å². The fourth-order valence-electron chi connectivity index (χ4n) is 7.88. The van der Waals surface area contributed by atoms with Crippen LogP contribution in [0, 0.1) is 12.7 Å². The van der Waals surface area contributed by atoms with Crippen LogP contribution >= 0.6 is 0 Å². The Hall–Kier alpha value is -3.70. The Morgan fingerprint density at radius 1 is 1.14 bits per heavy atom. The van der Waals surface area contributed by atoms with E-state index in [9.17, 15) is 4.39 Å². The number of hydrogen-bond donors (Lipinski definition) is 1. The van der Waals surface area contributed by atoms with Crippen LogP contribution < -0.4 is 9.64 Å². The average Bonchev–Trinajstić information content (AvgIpc) is 3.72. The average molecular weight is 602 g/mol. The van der Waals surface area contributed by atoms with Crippen LogP contribution in [0.1, 0.15) is 49.7 Å². The second-order valence-corrected chi connectivity index (χ2v) is 12.8. The van der Waals surface area contributed by atoms with Crippen LogP contribution in [-0.2, 0) is 11.2 Å². The van der Waals surface area contributed by atoms with Gasteiger partial charge in [-0.15, -0.1) is 0 Å². The van der Waals surface area contributed by atoms with Gasteiger partial charge in [0.05, 0.1) is 35.3 Å². The monoisotopic (exact) mass is 601 g/mol. The summed E-state index contributed by atoms with van der Waals surface area (Å²) in [4.78, 5) is 18.6. The van der Waals surface area contributed by atoms with E-state index in [0.29, 0.717) is 43.7 Å². The molecule has 0 radical (unpaired) electrons. The maximum atomic E-state index is 17.0. The molecule has 9 rings (SSSR count). The summed E-state index contributed by atoms with van der Waals surface area (Å²) < 4.78 is 44.0. The molecule has 44 heavy (non-hydrogen) atoms. The quantitative estimate of drug-likeness (QED) is 0.310. The summed E-state index contributed by atoms with van der Waals surface area (Å²) >= 11 is 0. The van der Waals surface area contributed by atoms with E-state index >= 15 is 4.39 Å². The van der Waals surface area contributed by atoms with Crippen LogP contribution in [0.5, 0.6) is 6.01 Å². The van der Waals surface area contributed by atoms with E-state index in [1.807, 2.05) is 6.92 Å². The number of hydrogen-bond acceptors (Lipinski definition) is 8. The molecule has 3 saturated heterocycles. The van der Waals surface area contributed by atoms with Gasteiger partial charge in [0.25, 0.3) is 0 Å². The highest BCUT2D eigenvalue weighted by Gasteiger charge is 2.49. The highest BCUT2D eigenvalue weighted by Crippen LogP contribution is 2.42. The lowest BCUT2D eigenvalue weighted by Gasteiger charge is -2.34. The Balaban J connectivity index is 1.29. The number of aryl methyl sites for hydroxylation is 1. The Morgan fingerprint density at radius 3 is 3.00 bits per heavy atom. The van der Waals surface area contributed by atoms with Gasteiger partial charge < -0.3 is 14.4 Å². The van der Waals surface area contributed by atoms with Crippen LogP contribution in [0.3, 0.4) is 0 Å². The first-order chi connectivity index (χ1) is 21.5. The zero-order valence-corrected chi connectivity index (χ0v) is 25.0. The molecule has 3 fully saturated rings. The molecule has 0 unspecified atom stereocenters. The van der Waals surface area contributed by atoms with Crippen LogP contribution in [0.15, 0.2) is 30.6 Å². The number of H-pyrrole nitrogens is 1. The number of aromatic nitrogens is 5. The van der Waals surface area contributed by atoms with Crippen LogP contribution in [-0.4, -0.2) is 87.3 Å². The predicted octanol–water partition coefficient (Wildman–Crippen LogP) is 5.46. The molecular weight excluding hydrogens is 564 g/mol. The number of benzene rings is 1. The molecule has 0 saturated carbocycles. The lowest BCUT2D eigenvalue weighted by molar-refractivity contribution is 0.0628. The van der Waals surface area contributed by atoms with Gasteiger partial charge >= 0.3 is 6.01 Å². The van der Waals surface area contributed by atoms with E-state index in [0.717, 1.165) is 72.8 Å². The third kappa shape index (κ3) is 4.72. The van der Waals surface area contributed by atoms with Crippen molar-refractivity contribution in [2.45, 2.75) is 69.7 Å². The van der Waals surface area contributed by atoms with Gasteiger partial charge in [-0.25, -0.2) is 8.78 Å². The van der Waals surface area contributed by atoms with Crippen LogP contribution in [0.4, 0.5) is 14.6 Å². The second-order valence-electron chi connectivity index (χ2n) is 12.8. The summed E-state index contributed by atoms with van der Waals surface area (Å²) in [6, 6.07) is 2.17. The molecular formula is C33H37F2N7O2. The van der Waals surface area contributed by atoms with Crippen molar-refractivity contribution in [1.82, 2.24) is 30.0 Å². The normalized spacial score (nSPS) is 26.5. The molecule has 1 aromatic carbocycles. The summed E-state index contributed by atoms with van der Waals surface area (Å²) in [5.41, 5.74) is 3.67. The van der Waals surface area contributed by atoms with E-state index in [1.165, 1.54) is 0 Å². The number of anilines is 1. The molecule has 3 aromatic heterocycles. The van der Waals surface area contributed by atoms with Gasteiger partial charge in [0.2, 0.25) is 0 Å². The Labute approximate surface area is 254 Å². The number of rotatable bonds is 3. The van der Waals surface area contributed by atoms with Crippen molar-refractivity contribution in [2.75, 3.05) is 44.3 Å². The molecule has 0 aliphatic carbocycles. The molecule has 9 nitrogen and oxygen atoms in total. The van der Waals surface area contributed by atoms with Gasteiger partial charge in [-0.05, 0) is 69.2 Å². The number of pyridine rings is 1. The molecule has 1 N–H and O–H groups in total. The number of aromatic amines is 1. The number of allylic oxidation sites excluding steroid dienone is 1. The largest absolute Gasteiger partial charge is 0.461 e. The highest BCUT2D eigenvalue weighted by atomic mass is 19.1. The molecule has 3 atom stereocenters. The van der Waals surface area contributed by atoms with Crippen molar-refractivity contribution in [3.8, 4) is 17.3 Å². The van der Waals surface area contributed by atoms with Gasteiger partial charge in [-0.2, -0.15) is 15.1 Å². The minimum atomic E-state index is -0.867. The molecule has 6 bridgehead atoms. The maximum absolute atomic E-state index is 17.0. The zero-order valence-electron chi connectivity index (χ0n) is 25.0. The zero-order chi connectivity index (χ0) is 29.8. The number of alkyl halides is 1. The van der Waals surface area contributed by atoms with E-state index in [4.69, 9.17) is 19.4 Å².